The summed E-state index contributed by atoms with van der Waals surface area (Å²) < 4.78 is 5.68. The lowest BCUT2D eigenvalue weighted by Crippen LogP contribution is -2.32. The molecule has 1 aliphatic rings. The highest BCUT2D eigenvalue weighted by molar-refractivity contribution is 7.09. The van der Waals surface area contributed by atoms with Crippen molar-refractivity contribution in [3.8, 4) is 5.75 Å². The molecule has 0 radical (unpaired) electrons. The minimum absolute atomic E-state index is 0.115. The summed E-state index contributed by atoms with van der Waals surface area (Å²) >= 11 is 1.59. The van der Waals surface area contributed by atoms with Crippen LogP contribution in [0.1, 0.15) is 16.9 Å². The minimum atomic E-state index is -0.494. The molecule has 0 fully saturated rings. The standard InChI is InChI=1S/C17H18N2O3S/c1-11-4-5-15-14(7-11)19-17(21)12(10-22-15)8-16(20)18-9-13-3-2-6-23-13/h2-7,12H,8-10H2,1H3,(H,18,20)(H,19,21). The molecule has 3 rings (SSSR count). The second kappa shape index (κ2) is 6.83. The third-order valence-electron chi connectivity index (χ3n) is 3.68. The van der Waals surface area contributed by atoms with E-state index in [-0.39, 0.29) is 24.8 Å². The highest BCUT2D eigenvalue weighted by Gasteiger charge is 2.27. The number of anilines is 1. The van der Waals surface area contributed by atoms with Crippen molar-refractivity contribution in [1.82, 2.24) is 5.32 Å². The van der Waals surface area contributed by atoms with Crippen LogP contribution < -0.4 is 15.4 Å². The van der Waals surface area contributed by atoms with Gasteiger partial charge in [-0.15, -0.1) is 11.3 Å². The fourth-order valence-electron chi connectivity index (χ4n) is 2.41. The van der Waals surface area contributed by atoms with E-state index in [0.29, 0.717) is 18.0 Å². The number of carbonyl (C=O) groups excluding carboxylic acids is 2. The zero-order valence-corrected chi connectivity index (χ0v) is 13.6. The van der Waals surface area contributed by atoms with Gasteiger partial charge in [0.2, 0.25) is 11.8 Å². The molecule has 2 amide bonds. The minimum Gasteiger partial charge on any atom is -0.491 e. The van der Waals surface area contributed by atoms with Gasteiger partial charge in [-0.3, -0.25) is 9.59 Å². The Morgan fingerprint density at radius 1 is 1.43 bits per heavy atom. The van der Waals surface area contributed by atoms with Gasteiger partial charge in [-0.1, -0.05) is 12.1 Å². The maximum absolute atomic E-state index is 12.3. The van der Waals surface area contributed by atoms with E-state index in [1.165, 1.54) is 0 Å². The third kappa shape index (κ3) is 3.90. The highest BCUT2D eigenvalue weighted by atomic mass is 32.1. The van der Waals surface area contributed by atoms with Gasteiger partial charge in [0.05, 0.1) is 18.2 Å². The molecule has 1 unspecified atom stereocenters. The first-order chi connectivity index (χ1) is 11.1. The van der Waals surface area contributed by atoms with Gasteiger partial charge < -0.3 is 15.4 Å². The van der Waals surface area contributed by atoms with Gasteiger partial charge in [-0.05, 0) is 36.1 Å². The van der Waals surface area contributed by atoms with E-state index in [4.69, 9.17) is 4.74 Å². The smallest absolute Gasteiger partial charge is 0.231 e. The van der Waals surface area contributed by atoms with Crippen molar-refractivity contribution in [1.29, 1.82) is 0 Å². The first kappa shape index (κ1) is 15.6. The second-order valence-electron chi connectivity index (χ2n) is 5.56. The summed E-state index contributed by atoms with van der Waals surface area (Å²) in [5, 5.41) is 7.65. The molecular formula is C17H18N2O3S. The number of thiophene rings is 1. The summed E-state index contributed by atoms with van der Waals surface area (Å²) in [4.78, 5) is 25.4. The Labute approximate surface area is 138 Å². The number of benzene rings is 1. The molecule has 1 aromatic carbocycles. The van der Waals surface area contributed by atoms with E-state index in [1.54, 1.807) is 11.3 Å². The average molecular weight is 330 g/mol. The first-order valence-corrected chi connectivity index (χ1v) is 8.33. The second-order valence-corrected chi connectivity index (χ2v) is 6.59. The summed E-state index contributed by atoms with van der Waals surface area (Å²) in [5.74, 6) is -0.179. The monoisotopic (exact) mass is 330 g/mol. The Balaban J connectivity index is 1.58. The fourth-order valence-corrected chi connectivity index (χ4v) is 3.06. The van der Waals surface area contributed by atoms with E-state index in [1.807, 2.05) is 42.6 Å². The normalized spacial score (nSPS) is 16.7. The topological polar surface area (TPSA) is 67.4 Å². The molecular weight excluding hydrogens is 312 g/mol. The van der Waals surface area contributed by atoms with E-state index in [2.05, 4.69) is 10.6 Å². The summed E-state index contributed by atoms with van der Waals surface area (Å²) in [7, 11) is 0. The van der Waals surface area contributed by atoms with Crippen LogP contribution >= 0.6 is 11.3 Å². The van der Waals surface area contributed by atoms with Crippen LogP contribution in [0.5, 0.6) is 5.75 Å². The van der Waals surface area contributed by atoms with Crippen LogP contribution in [-0.2, 0) is 16.1 Å². The van der Waals surface area contributed by atoms with Crippen LogP contribution in [0.15, 0.2) is 35.7 Å². The van der Waals surface area contributed by atoms with Crippen LogP contribution in [0.4, 0.5) is 5.69 Å². The van der Waals surface area contributed by atoms with Gasteiger partial charge in [0.15, 0.2) is 0 Å². The van der Waals surface area contributed by atoms with Crippen molar-refractivity contribution in [2.24, 2.45) is 5.92 Å². The Bertz CT molecular complexity index is 713. The van der Waals surface area contributed by atoms with Gasteiger partial charge >= 0.3 is 0 Å². The number of rotatable bonds is 4. The van der Waals surface area contributed by atoms with Crippen molar-refractivity contribution in [2.45, 2.75) is 19.9 Å². The van der Waals surface area contributed by atoms with Crippen molar-refractivity contribution in [2.75, 3.05) is 11.9 Å². The predicted octanol–water partition coefficient (Wildman–Crippen LogP) is 2.71. The van der Waals surface area contributed by atoms with Crippen molar-refractivity contribution < 1.29 is 14.3 Å². The lowest BCUT2D eigenvalue weighted by atomic mass is 10.1. The molecule has 1 aliphatic heterocycles. The zero-order valence-electron chi connectivity index (χ0n) is 12.8. The van der Waals surface area contributed by atoms with Gasteiger partial charge in [0, 0.05) is 11.3 Å². The molecule has 2 heterocycles. The number of nitrogens with one attached hydrogen (secondary N) is 2. The van der Waals surface area contributed by atoms with Crippen LogP contribution in [-0.4, -0.2) is 18.4 Å². The highest BCUT2D eigenvalue weighted by Crippen LogP contribution is 2.29. The Morgan fingerprint density at radius 2 is 2.30 bits per heavy atom. The van der Waals surface area contributed by atoms with Crippen molar-refractivity contribution in [3.63, 3.8) is 0 Å². The maximum Gasteiger partial charge on any atom is 0.231 e. The molecule has 23 heavy (non-hydrogen) atoms. The van der Waals surface area contributed by atoms with E-state index in [9.17, 15) is 9.59 Å². The lowest BCUT2D eigenvalue weighted by Gasteiger charge is -2.12. The van der Waals surface area contributed by atoms with E-state index in [0.717, 1.165) is 10.4 Å². The number of hydrogen-bond donors (Lipinski definition) is 2. The average Bonchev–Trinajstić information content (AvgIpc) is 2.99. The van der Waals surface area contributed by atoms with Gasteiger partial charge in [0.25, 0.3) is 0 Å². The molecule has 0 bridgehead atoms. The SMILES string of the molecule is Cc1ccc2c(c1)NC(=O)C(CC(=O)NCc1cccs1)CO2. The summed E-state index contributed by atoms with van der Waals surface area (Å²) in [6.45, 7) is 2.65. The quantitative estimate of drug-likeness (QED) is 0.906. The molecule has 5 nitrogen and oxygen atoms in total. The lowest BCUT2D eigenvalue weighted by molar-refractivity contribution is -0.128. The molecule has 0 aliphatic carbocycles. The molecule has 2 aromatic rings. The number of fused-ring (bicyclic) bond motifs is 1. The molecule has 120 valence electrons. The third-order valence-corrected chi connectivity index (χ3v) is 4.55. The molecule has 2 N–H and O–H groups in total. The summed E-state index contributed by atoms with van der Waals surface area (Å²) in [6, 6.07) is 9.54. The van der Waals surface area contributed by atoms with Crippen LogP contribution in [0.3, 0.4) is 0 Å². The fraction of sp³-hybridized carbons (Fsp3) is 0.294. The van der Waals surface area contributed by atoms with Crippen molar-refractivity contribution >= 4 is 28.8 Å². The largest absolute Gasteiger partial charge is 0.491 e. The van der Waals surface area contributed by atoms with E-state index < -0.39 is 5.92 Å². The van der Waals surface area contributed by atoms with Crippen molar-refractivity contribution in [3.05, 3.63) is 46.2 Å². The van der Waals surface area contributed by atoms with Crippen LogP contribution in [0.2, 0.25) is 0 Å². The Hall–Kier alpha value is -2.34. The number of amides is 2. The van der Waals surface area contributed by atoms with Gasteiger partial charge in [-0.2, -0.15) is 0 Å². The van der Waals surface area contributed by atoms with Gasteiger partial charge in [-0.25, -0.2) is 0 Å². The Kier molecular flexibility index (Phi) is 4.62. The van der Waals surface area contributed by atoms with Crippen LogP contribution in [0.25, 0.3) is 0 Å². The number of hydrogen-bond acceptors (Lipinski definition) is 4. The van der Waals surface area contributed by atoms with Crippen LogP contribution in [0, 0.1) is 12.8 Å². The zero-order chi connectivity index (χ0) is 16.2. The predicted molar refractivity (Wildman–Crippen MR) is 89.6 cm³/mol. The molecule has 6 heteroatoms. The molecule has 1 atom stereocenters. The van der Waals surface area contributed by atoms with E-state index >= 15 is 0 Å². The van der Waals surface area contributed by atoms with Gasteiger partial charge in [0.1, 0.15) is 12.4 Å². The molecule has 1 aromatic heterocycles. The first-order valence-electron chi connectivity index (χ1n) is 7.45. The maximum atomic E-state index is 12.3. The number of carbonyl (C=O) groups is 2. The number of aryl methyl sites for hydroxylation is 1. The molecule has 0 spiro atoms. The molecule has 0 saturated heterocycles. The summed E-state index contributed by atoms with van der Waals surface area (Å²) in [6.07, 6.45) is 0.115. The summed E-state index contributed by atoms with van der Waals surface area (Å²) in [5.41, 5.74) is 1.70. The Morgan fingerprint density at radius 3 is 3.09 bits per heavy atom. The molecule has 0 saturated carbocycles. The number of ether oxygens (including phenoxy) is 1.